The number of alkyl halides is 1. The summed E-state index contributed by atoms with van der Waals surface area (Å²) < 4.78 is 1.90. The molecule has 26 heavy (non-hydrogen) atoms. The van der Waals surface area contributed by atoms with Crippen molar-refractivity contribution in [3.05, 3.63) is 41.3 Å². The molecule has 3 rings (SSSR count). The molecule has 3 N–H and O–H groups in total. The Kier molecular flexibility index (Phi) is 6.20. The van der Waals surface area contributed by atoms with Crippen molar-refractivity contribution in [2.75, 3.05) is 0 Å². The Morgan fingerprint density at radius 2 is 2.19 bits per heavy atom. The van der Waals surface area contributed by atoms with E-state index >= 15 is 0 Å². The third-order valence-corrected chi connectivity index (χ3v) is 5.91. The van der Waals surface area contributed by atoms with Gasteiger partial charge in [-0.05, 0) is 50.5 Å². The van der Waals surface area contributed by atoms with E-state index < -0.39 is 5.50 Å². The molecule has 1 saturated carbocycles. The van der Waals surface area contributed by atoms with E-state index in [0.717, 1.165) is 61.8 Å². The summed E-state index contributed by atoms with van der Waals surface area (Å²) in [7, 11) is 1.94. The maximum absolute atomic E-state index is 12.7. The van der Waals surface area contributed by atoms with E-state index in [-0.39, 0.29) is 11.8 Å². The summed E-state index contributed by atoms with van der Waals surface area (Å²) >= 11 is 6.16. The highest BCUT2D eigenvalue weighted by Crippen LogP contribution is 2.37. The number of hydrogen-bond acceptors (Lipinski definition) is 3. The number of fused-ring (bicyclic) bond motifs is 1. The molecule has 6 heteroatoms. The number of carbonyl (C=O) groups is 1. The minimum atomic E-state index is -0.519. The van der Waals surface area contributed by atoms with Gasteiger partial charge >= 0.3 is 0 Å². The standard InChI is InChI=1S/C20H29ClN4O/c1-3-7-14(19(21)22)12-13-8-4-5-11-16-17(24-25(2)18(13)16)20(26)23-15-9-6-10-15/h3,7,13,15,19H,1,4-6,8-12,22H2,2H3,(H,23,26)/b14-7-. The first kappa shape index (κ1) is 19.2. The zero-order valence-electron chi connectivity index (χ0n) is 15.5. The molecule has 142 valence electrons. The lowest BCUT2D eigenvalue weighted by Gasteiger charge is -2.26. The van der Waals surface area contributed by atoms with Gasteiger partial charge in [-0.2, -0.15) is 5.10 Å². The first-order chi connectivity index (χ1) is 12.5. The molecule has 0 bridgehead atoms. The number of halogens is 1. The lowest BCUT2D eigenvalue weighted by molar-refractivity contribution is 0.0910. The lowest BCUT2D eigenvalue weighted by atomic mass is 9.90. The largest absolute Gasteiger partial charge is 0.348 e. The third-order valence-electron chi connectivity index (χ3n) is 5.63. The fraction of sp³-hybridized carbons (Fsp3) is 0.600. The van der Waals surface area contributed by atoms with Crippen LogP contribution in [0.3, 0.4) is 0 Å². The van der Waals surface area contributed by atoms with Gasteiger partial charge in [-0.1, -0.05) is 25.2 Å². The topological polar surface area (TPSA) is 72.9 Å². The highest BCUT2D eigenvalue weighted by atomic mass is 35.5. The van der Waals surface area contributed by atoms with Gasteiger partial charge in [0.15, 0.2) is 5.69 Å². The Balaban J connectivity index is 1.88. The number of carbonyl (C=O) groups excluding carboxylic acids is 1. The number of amides is 1. The van der Waals surface area contributed by atoms with Gasteiger partial charge in [0.1, 0.15) is 5.50 Å². The fourth-order valence-corrected chi connectivity index (χ4v) is 4.22. The monoisotopic (exact) mass is 376 g/mol. The van der Waals surface area contributed by atoms with E-state index in [2.05, 4.69) is 17.0 Å². The van der Waals surface area contributed by atoms with Crippen molar-refractivity contribution < 1.29 is 4.79 Å². The molecule has 2 aliphatic carbocycles. The Morgan fingerprint density at radius 1 is 1.42 bits per heavy atom. The number of nitrogens with zero attached hydrogens (tertiary/aromatic N) is 2. The maximum Gasteiger partial charge on any atom is 0.272 e. The number of rotatable bonds is 6. The van der Waals surface area contributed by atoms with Crippen molar-refractivity contribution in [2.24, 2.45) is 12.8 Å². The van der Waals surface area contributed by atoms with Gasteiger partial charge in [0, 0.05) is 30.3 Å². The van der Waals surface area contributed by atoms with Gasteiger partial charge < -0.3 is 11.1 Å². The van der Waals surface area contributed by atoms with Gasteiger partial charge in [0.2, 0.25) is 0 Å². The van der Waals surface area contributed by atoms with Crippen molar-refractivity contribution in [1.29, 1.82) is 0 Å². The summed E-state index contributed by atoms with van der Waals surface area (Å²) in [5, 5.41) is 7.72. The van der Waals surface area contributed by atoms with Crippen molar-refractivity contribution in [3.8, 4) is 0 Å². The molecule has 0 saturated heterocycles. The van der Waals surface area contributed by atoms with Crippen molar-refractivity contribution in [3.63, 3.8) is 0 Å². The molecule has 1 aromatic heterocycles. The quantitative estimate of drug-likeness (QED) is 0.345. The Morgan fingerprint density at radius 3 is 2.81 bits per heavy atom. The minimum absolute atomic E-state index is 0.0249. The van der Waals surface area contributed by atoms with Crippen LogP contribution >= 0.6 is 11.6 Å². The van der Waals surface area contributed by atoms with Gasteiger partial charge in [-0.25, -0.2) is 0 Å². The molecule has 1 fully saturated rings. The van der Waals surface area contributed by atoms with E-state index in [0.29, 0.717) is 11.7 Å². The maximum atomic E-state index is 12.7. The second-order valence-corrected chi connectivity index (χ2v) is 7.93. The molecule has 1 amide bonds. The summed E-state index contributed by atoms with van der Waals surface area (Å²) in [4.78, 5) is 12.7. The molecule has 2 unspecified atom stereocenters. The van der Waals surface area contributed by atoms with Gasteiger partial charge in [-0.15, -0.1) is 11.6 Å². The third kappa shape index (κ3) is 4.04. The van der Waals surface area contributed by atoms with E-state index in [4.69, 9.17) is 17.3 Å². The van der Waals surface area contributed by atoms with Crippen LogP contribution < -0.4 is 11.1 Å². The molecule has 0 spiro atoms. The molecule has 2 aliphatic rings. The number of aryl methyl sites for hydroxylation is 1. The molecule has 1 aromatic rings. The average Bonchev–Trinajstić information content (AvgIpc) is 2.75. The van der Waals surface area contributed by atoms with Crippen LogP contribution in [0.15, 0.2) is 24.3 Å². The number of allylic oxidation sites excluding steroid dienone is 2. The van der Waals surface area contributed by atoms with Crippen LogP contribution in [0.5, 0.6) is 0 Å². The molecule has 5 nitrogen and oxygen atoms in total. The van der Waals surface area contributed by atoms with E-state index in [9.17, 15) is 4.79 Å². The van der Waals surface area contributed by atoms with E-state index in [1.165, 1.54) is 6.42 Å². The summed E-state index contributed by atoms with van der Waals surface area (Å²) in [6, 6.07) is 0.318. The molecule has 1 heterocycles. The molecule has 0 radical (unpaired) electrons. The summed E-state index contributed by atoms with van der Waals surface area (Å²) in [6.07, 6.45) is 11.9. The van der Waals surface area contributed by atoms with Gasteiger partial charge in [0.25, 0.3) is 5.91 Å². The first-order valence-electron chi connectivity index (χ1n) is 9.59. The van der Waals surface area contributed by atoms with Crippen LogP contribution in [0.25, 0.3) is 0 Å². The molecular formula is C20H29ClN4O. The van der Waals surface area contributed by atoms with Crippen molar-refractivity contribution >= 4 is 17.5 Å². The number of nitrogens with two attached hydrogens (primary N) is 1. The Labute approximate surface area is 160 Å². The van der Waals surface area contributed by atoms with Crippen LogP contribution in [-0.2, 0) is 13.5 Å². The molecule has 2 atom stereocenters. The van der Waals surface area contributed by atoms with Crippen molar-refractivity contribution in [2.45, 2.75) is 68.8 Å². The zero-order valence-corrected chi connectivity index (χ0v) is 16.3. The summed E-state index contributed by atoms with van der Waals surface area (Å²) in [5.41, 5.74) is 9.25. The molecular weight excluding hydrogens is 348 g/mol. The van der Waals surface area contributed by atoms with Gasteiger partial charge in [-0.3, -0.25) is 9.48 Å². The highest BCUT2D eigenvalue weighted by molar-refractivity contribution is 6.21. The van der Waals surface area contributed by atoms with Crippen LogP contribution in [0.1, 0.15) is 72.6 Å². The lowest BCUT2D eigenvalue weighted by Crippen LogP contribution is -2.40. The highest BCUT2D eigenvalue weighted by Gasteiger charge is 2.31. The molecule has 0 aliphatic heterocycles. The van der Waals surface area contributed by atoms with Crippen LogP contribution in [0, 0.1) is 0 Å². The van der Waals surface area contributed by atoms with Crippen LogP contribution in [0.2, 0.25) is 0 Å². The Hall–Kier alpha value is -1.59. The number of hydrogen-bond donors (Lipinski definition) is 2. The van der Waals surface area contributed by atoms with Crippen LogP contribution in [-0.4, -0.2) is 27.2 Å². The van der Waals surface area contributed by atoms with Crippen molar-refractivity contribution in [1.82, 2.24) is 15.1 Å². The van der Waals surface area contributed by atoms with E-state index in [1.807, 2.05) is 17.8 Å². The van der Waals surface area contributed by atoms with Crippen LogP contribution in [0.4, 0.5) is 0 Å². The Bertz CT molecular complexity index is 703. The normalized spacial score (nSPS) is 22.1. The summed E-state index contributed by atoms with van der Waals surface area (Å²) in [5.74, 6) is 0.245. The minimum Gasteiger partial charge on any atom is -0.348 e. The number of aromatic nitrogens is 2. The average molecular weight is 377 g/mol. The first-order valence-corrected chi connectivity index (χ1v) is 10.0. The predicted molar refractivity (Wildman–Crippen MR) is 105 cm³/mol. The summed E-state index contributed by atoms with van der Waals surface area (Å²) in [6.45, 7) is 3.76. The second-order valence-electron chi connectivity index (χ2n) is 7.46. The number of nitrogens with one attached hydrogen (secondary N) is 1. The smallest absolute Gasteiger partial charge is 0.272 e. The predicted octanol–water partition coefficient (Wildman–Crippen LogP) is 3.54. The SMILES string of the molecule is C=C/C=C(/CC1CCCCc2c(C(=O)NC3CCC3)nn(C)c21)C(N)Cl. The van der Waals surface area contributed by atoms with Gasteiger partial charge in [0.05, 0.1) is 0 Å². The second kappa shape index (κ2) is 8.40. The van der Waals surface area contributed by atoms with E-state index in [1.54, 1.807) is 6.08 Å². The zero-order chi connectivity index (χ0) is 18.7. The molecule has 0 aromatic carbocycles. The fourth-order valence-electron chi connectivity index (χ4n) is 4.06.